The molecule has 1 aliphatic heterocycles. The van der Waals surface area contributed by atoms with E-state index in [1.165, 1.54) is 0 Å². The molecule has 0 aliphatic carbocycles. The highest BCUT2D eigenvalue weighted by atomic mass is 32.1. The number of nitrogens with one attached hydrogen (secondary N) is 1. The molecular weight excluding hydrogens is 360 g/mol. The zero-order valence-corrected chi connectivity index (χ0v) is 15.8. The smallest absolute Gasteiger partial charge is 0.251 e. The molecule has 4 rings (SSSR count). The van der Waals surface area contributed by atoms with Gasteiger partial charge in [-0.2, -0.15) is 0 Å². The molecule has 0 radical (unpaired) electrons. The number of hydrogen-bond acceptors (Lipinski definition) is 5. The van der Waals surface area contributed by atoms with Crippen LogP contribution in [0.1, 0.15) is 39.1 Å². The van der Waals surface area contributed by atoms with Crippen LogP contribution in [0.15, 0.2) is 53.9 Å². The van der Waals surface area contributed by atoms with Gasteiger partial charge in [-0.1, -0.05) is 18.2 Å². The number of benzene rings is 2. The van der Waals surface area contributed by atoms with Crippen LogP contribution in [0.25, 0.3) is 0 Å². The first kappa shape index (κ1) is 17.5. The Bertz CT molecular complexity index is 937. The molecule has 138 valence electrons. The Morgan fingerprint density at radius 1 is 1.26 bits per heavy atom. The van der Waals surface area contributed by atoms with Gasteiger partial charge in [-0.25, -0.2) is 4.98 Å². The lowest BCUT2D eigenvalue weighted by Crippen LogP contribution is -2.32. The Balaban J connectivity index is 1.38. The summed E-state index contributed by atoms with van der Waals surface area (Å²) in [5, 5.41) is 6.12. The SMILES string of the molecule is Cc1nc(COc2ccc(C(=O)N[C@@H]3CCOc4ccccc43)cc2)cs1. The highest BCUT2D eigenvalue weighted by Gasteiger charge is 2.23. The maximum atomic E-state index is 12.6. The number of ether oxygens (including phenoxy) is 2. The fourth-order valence-corrected chi connectivity index (χ4v) is 3.67. The number of rotatable bonds is 5. The van der Waals surface area contributed by atoms with Crippen molar-refractivity contribution < 1.29 is 14.3 Å². The fourth-order valence-electron chi connectivity index (χ4n) is 3.07. The summed E-state index contributed by atoms with van der Waals surface area (Å²) in [5.41, 5.74) is 2.55. The zero-order chi connectivity index (χ0) is 18.6. The molecule has 3 aromatic rings. The van der Waals surface area contributed by atoms with Gasteiger partial charge in [0.05, 0.1) is 23.4 Å². The van der Waals surface area contributed by atoms with Gasteiger partial charge in [0.2, 0.25) is 0 Å². The van der Waals surface area contributed by atoms with E-state index < -0.39 is 0 Å². The quantitative estimate of drug-likeness (QED) is 0.718. The summed E-state index contributed by atoms with van der Waals surface area (Å²) in [5.74, 6) is 1.46. The van der Waals surface area contributed by atoms with E-state index in [-0.39, 0.29) is 11.9 Å². The maximum Gasteiger partial charge on any atom is 0.251 e. The molecule has 1 amide bonds. The maximum absolute atomic E-state index is 12.6. The second-order valence-corrected chi connectivity index (χ2v) is 7.43. The molecule has 0 spiro atoms. The van der Waals surface area contributed by atoms with Gasteiger partial charge >= 0.3 is 0 Å². The second kappa shape index (κ2) is 7.80. The third kappa shape index (κ3) is 4.11. The van der Waals surface area contributed by atoms with Gasteiger partial charge in [-0.05, 0) is 37.3 Å². The molecule has 0 saturated carbocycles. The van der Waals surface area contributed by atoms with E-state index in [1.807, 2.05) is 48.7 Å². The van der Waals surface area contributed by atoms with Crippen LogP contribution in [0.3, 0.4) is 0 Å². The lowest BCUT2D eigenvalue weighted by Gasteiger charge is -2.26. The molecule has 2 aromatic carbocycles. The van der Waals surface area contributed by atoms with E-state index in [0.29, 0.717) is 24.5 Å². The molecule has 1 aromatic heterocycles. The van der Waals surface area contributed by atoms with E-state index >= 15 is 0 Å². The standard InChI is InChI=1S/C21H20N2O3S/c1-14-22-16(13-27-14)12-26-17-8-6-15(7-9-17)21(24)23-19-10-11-25-20-5-3-2-4-18(19)20/h2-9,13,19H,10-12H2,1H3,(H,23,24)/t19-/m1/s1. The van der Waals surface area contributed by atoms with Gasteiger partial charge in [0, 0.05) is 22.9 Å². The van der Waals surface area contributed by atoms with Gasteiger partial charge in [0.25, 0.3) is 5.91 Å². The predicted octanol–water partition coefficient (Wildman–Crippen LogP) is 4.28. The van der Waals surface area contributed by atoms with Crippen LogP contribution in [0.2, 0.25) is 0 Å². The Labute approximate surface area is 162 Å². The summed E-state index contributed by atoms with van der Waals surface area (Å²) in [4.78, 5) is 17.0. The minimum atomic E-state index is -0.0987. The van der Waals surface area contributed by atoms with Crippen molar-refractivity contribution in [3.63, 3.8) is 0 Å². The van der Waals surface area contributed by atoms with Crippen LogP contribution in [0.4, 0.5) is 0 Å². The molecule has 0 fully saturated rings. The Hall–Kier alpha value is -2.86. The Morgan fingerprint density at radius 2 is 2.07 bits per heavy atom. The van der Waals surface area contributed by atoms with E-state index in [0.717, 1.165) is 28.4 Å². The van der Waals surface area contributed by atoms with Crippen LogP contribution < -0.4 is 14.8 Å². The number of aromatic nitrogens is 1. The highest BCUT2D eigenvalue weighted by molar-refractivity contribution is 7.09. The van der Waals surface area contributed by atoms with Crippen LogP contribution in [-0.4, -0.2) is 17.5 Å². The molecule has 0 unspecified atom stereocenters. The summed E-state index contributed by atoms with van der Waals surface area (Å²) < 4.78 is 11.4. The third-order valence-corrected chi connectivity index (χ3v) is 5.26. The molecule has 27 heavy (non-hydrogen) atoms. The topological polar surface area (TPSA) is 60.5 Å². The van der Waals surface area contributed by atoms with E-state index in [1.54, 1.807) is 23.5 Å². The molecule has 0 bridgehead atoms. The van der Waals surface area contributed by atoms with E-state index in [9.17, 15) is 4.79 Å². The molecule has 1 atom stereocenters. The number of hydrogen-bond donors (Lipinski definition) is 1. The number of carbonyl (C=O) groups excluding carboxylic acids is 1. The highest BCUT2D eigenvalue weighted by Crippen LogP contribution is 2.31. The molecule has 2 heterocycles. The number of amides is 1. The average molecular weight is 380 g/mol. The largest absolute Gasteiger partial charge is 0.493 e. The lowest BCUT2D eigenvalue weighted by molar-refractivity contribution is 0.0924. The summed E-state index contributed by atoms with van der Waals surface area (Å²) in [7, 11) is 0. The van der Waals surface area contributed by atoms with Crippen LogP contribution in [0.5, 0.6) is 11.5 Å². The minimum absolute atomic E-state index is 0.0359. The number of para-hydroxylation sites is 1. The average Bonchev–Trinajstić information content (AvgIpc) is 3.12. The number of thiazole rings is 1. The van der Waals surface area contributed by atoms with Crippen LogP contribution >= 0.6 is 11.3 Å². The first-order valence-electron chi connectivity index (χ1n) is 8.85. The van der Waals surface area contributed by atoms with Crippen molar-refractivity contribution in [2.75, 3.05) is 6.61 Å². The van der Waals surface area contributed by atoms with Crippen molar-refractivity contribution >= 4 is 17.2 Å². The van der Waals surface area contributed by atoms with Crippen LogP contribution in [0, 0.1) is 6.92 Å². The van der Waals surface area contributed by atoms with Gasteiger partial charge in [0.1, 0.15) is 18.1 Å². The Kier molecular flexibility index (Phi) is 5.07. The third-order valence-electron chi connectivity index (χ3n) is 4.43. The first-order chi connectivity index (χ1) is 13.2. The molecule has 0 saturated heterocycles. The second-order valence-electron chi connectivity index (χ2n) is 6.37. The summed E-state index contributed by atoms with van der Waals surface area (Å²) in [6, 6.07) is 15.0. The van der Waals surface area contributed by atoms with Gasteiger partial charge in [-0.3, -0.25) is 4.79 Å². The Morgan fingerprint density at radius 3 is 2.85 bits per heavy atom. The summed E-state index contributed by atoms with van der Waals surface area (Å²) in [6.07, 6.45) is 0.761. The van der Waals surface area contributed by atoms with Crippen molar-refractivity contribution in [1.82, 2.24) is 10.3 Å². The fraction of sp³-hybridized carbons (Fsp3) is 0.238. The van der Waals surface area contributed by atoms with Crippen molar-refractivity contribution in [3.05, 3.63) is 75.7 Å². The number of nitrogens with zero attached hydrogens (tertiary/aromatic N) is 1. The number of aryl methyl sites for hydroxylation is 1. The zero-order valence-electron chi connectivity index (χ0n) is 15.0. The van der Waals surface area contributed by atoms with E-state index in [4.69, 9.17) is 9.47 Å². The van der Waals surface area contributed by atoms with E-state index in [2.05, 4.69) is 10.3 Å². The minimum Gasteiger partial charge on any atom is -0.493 e. The predicted molar refractivity (Wildman–Crippen MR) is 104 cm³/mol. The molecule has 6 heteroatoms. The molecular formula is C21H20N2O3S. The van der Waals surface area contributed by atoms with Crippen molar-refractivity contribution in [1.29, 1.82) is 0 Å². The lowest BCUT2D eigenvalue weighted by atomic mass is 10.00. The summed E-state index contributed by atoms with van der Waals surface area (Å²) in [6.45, 7) is 3.00. The normalized spacial score (nSPS) is 15.5. The monoisotopic (exact) mass is 380 g/mol. The van der Waals surface area contributed by atoms with Gasteiger partial charge in [0.15, 0.2) is 0 Å². The van der Waals surface area contributed by atoms with Crippen molar-refractivity contribution in [3.8, 4) is 11.5 Å². The summed E-state index contributed by atoms with van der Waals surface area (Å²) >= 11 is 1.60. The van der Waals surface area contributed by atoms with Crippen molar-refractivity contribution in [2.45, 2.75) is 26.0 Å². The molecule has 5 nitrogen and oxygen atoms in total. The van der Waals surface area contributed by atoms with Crippen molar-refractivity contribution in [2.24, 2.45) is 0 Å². The number of carbonyl (C=O) groups is 1. The van der Waals surface area contributed by atoms with Gasteiger partial charge in [-0.15, -0.1) is 11.3 Å². The first-order valence-corrected chi connectivity index (χ1v) is 9.73. The number of fused-ring (bicyclic) bond motifs is 1. The molecule has 1 N–H and O–H groups in total. The molecule has 1 aliphatic rings. The van der Waals surface area contributed by atoms with Crippen LogP contribution in [-0.2, 0) is 6.61 Å². The van der Waals surface area contributed by atoms with Gasteiger partial charge < -0.3 is 14.8 Å².